The number of halogens is 3. The van der Waals surface area contributed by atoms with Crippen LogP contribution in [0.25, 0.3) is 0 Å². The number of aromatic nitrogens is 1. The molecule has 0 atom stereocenters. The van der Waals surface area contributed by atoms with Crippen molar-refractivity contribution < 1.29 is 22.8 Å². The molecular formula is C26H28F3N3O2. The van der Waals surface area contributed by atoms with Crippen molar-refractivity contribution in [2.45, 2.75) is 51.7 Å². The first-order valence-electron chi connectivity index (χ1n) is 11.1. The van der Waals surface area contributed by atoms with Gasteiger partial charge in [-0.3, -0.25) is 9.59 Å². The first-order valence-corrected chi connectivity index (χ1v) is 11.1. The van der Waals surface area contributed by atoms with E-state index in [1.807, 2.05) is 42.7 Å². The van der Waals surface area contributed by atoms with Gasteiger partial charge in [-0.15, -0.1) is 0 Å². The Morgan fingerprint density at radius 1 is 0.971 bits per heavy atom. The number of nitrogens with one attached hydrogen (secondary N) is 1. The van der Waals surface area contributed by atoms with Crippen LogP contribution in [0.4, 0.5) is 18.9 Å². The van der Waals surface area contributed by atoms with E-state index in [1.54, 1.807) is 6.07 Å². The molecule has 0 radical (unpaired) electrons. The number of alkyl halides is 3. The molecule has 2 amide bonds. The van der Waals surface area contributed by atoms with Gasteiger partial charge in [0.05, 0.1) is 17.7 Å². The summed E-state index contributed by atoms with van der Waals surface area (Å²) >= 11 is 0. The maximum absolute atomic E-state index is 13.5. The van der Waals surface area contributed by atoms with Crippen molar-refractivity contribution in [3.8, 4) is 0 Å². The van der Waals surface area contributed by atoms with Crippen LogP contribution in [0, 0.1) is 0 Å². The number of benzene rings is 2. The van der Waals surface area contributed by atoms with Gasteiger partial charge in [-0.2, -0.15) is 13.2 Å². The third-order valence-corrected chi connectivity index (χ3v) is 5.51. The van der Waals surface area contributed by atoms with Gasteiger partial charge in [0, 0.05) is 11.7 Å². The van der Waals surface area contributed by atoms with Crippen LogP contribution in [0.15, 0.2) is 60.7 Å². The number of rotatable bonds is 9. The molecule has 0 saturated heterocycles. The number of carbonyl (C=O) groups excluding carboxylic acids is 2. The van der Waals surface area contributed by atoms with E-state index in [4.69, 9.17) is 5.73 Å². The summed E-state index contributed by atoms with van der Waals surface area (Å²) in [4.78, 5) is 24.3. The van der Waals surface area contributed by atoms with Crippen molar-refractivity contribution in [3.05, 3.63) is 88.7 Å². The van der Waals surface area contributed by atoms with Gasteiger partial charge in [-0.1, -0.05) is 36.4 Å². The molecule has 8 heteroatoms. The molecule has 0 aliphatic carbocycles. The minimum absolute atomic E-state index is 0.0641. The highest BCUT2D eigenvalue weighted by Gasteiger charge is 2.34. The molecule has 0 spiro atoms. The van der Waals surface area contributed by atoms with E-state index in [1.165, 1.54) is 11.6 Å². The lowest BCUT2D eigenvalue weighted by Crippen LogP contribution is -2.22. The second kappa shape index (κ2) is 10.6. The van der Waals surface area contributed by atoms with Crippen molar-refractivity contribution in [2.75, 3.05) is 5.32 Å². The largest absolute Gasteiger partial charge is 0.418 e. The van der Waals surface area contributed by atoms with E-state index < -0.39 is 29.2 Å². The van der Waals surface area contributed by atoms with Gasteiger partial charge in [-0.25, -0.2) is 0 Å². The SMILES string of the molecule is CC(C)n1c(CCCc2ccccc2)ccc1C(=O)Nc1cc(CC(N)=O)ccc1C(F)(F)F. The van der Waals surface area contributed by atoms with Gasteiger partial charge in [0.1, 0.15) is 5.69 Å². The molecule has 1 aromatic heterocycles. The molecule has 0 unspecified atom stereocenters. The lowest BCUT2D eigenvalue weighted by Gasteiger charge is -2.19. The van der Waals surface area contributed by atoms with Gasteiger partial charge in [0.15, 0.2) is 0 Å². The van der Waals surface area contributed by atoms with Gasteiger partial charge in [0.2, 0.25) is 5.91 Å². The van der Waals surface area contributed by atoms with Crippen LogP contribution in [-0.2, 0) is 30.2 Å². The molecule has 0 saturated carbocycles. The minimum Gasteiger partial charge on any atom is -0.369 e. The van der Waals surface area contributed by atoms with Crippen molar-refractivity contribution in [1.82, 2.24) is 4.57 Å². The number of carbonyl (C=O) groups is 2. The Hall–Kier alpha value is -3.55. The molecule has 1 heterocycles. The Morgan fingerprint density at radius 2 is 1.68 bits per heavy atom. The first kappa shape index (κ1) is 25.1. The number of nitrogens with two attached hydrogens (primary N) is 1. The van der Waals surface area contributed by atoms with E-state index >= 15 is 0 Å². The van der Waals surface area contributed by atoms with E-state index in [-0.39, 0.29) is 23.7 Å². The molecule has 5 nitrogen and oxygen atoms in total. The Morgan fingerprint density at radius 3 is 2.29 bits per heavy atom. The second-order valence-corrected chi connectivity index (χ2v) is 8.49. The Labute approximate surface area is 196 Å². The first-order chi connectivity index (χ1) is 16.1. The predicted octanol–water partition coefficient (Wildman–Crippen LogP) is 5.54. The molecule has 34 heavy (non-hydrogen) atoms. The lowest BCUT2D eigenvalue weighted by atomic mass is 10.1. The fraction of sp³-hybridized carbons (Fsp3) is 0.308. The number of hydrogen-bond acceptors (Lipinski definition) is 2. The molecule has 0 fully saturated rings. The van der Waals surface area contributed by atoms with Crippen molar-refractivity contribution in [2.24, 2.45) is 5.73 Å². The molecule has 0 aliphatic heterocycles. The fourth-order valence-corrected chi connectivity index (χ4v) is 4.05. The topological polar surface area (TPSA) is 77.1 Å². The van der Waals surface area contributed by atoms with Crippen LogP contribution in [0.3, 0.4) is 0 Å². The highest BCUT2D eigenvalue weighted by Crippen LogP contribution is 2.36. The van der Waals surface area contributed by atoms with Crippen LogP contribution in [0.5, 0.6) is 0 Å². The summed E-state index contributed by atoms with van der Waals surface area (Å²) in [6, 6.07) is 16.7. The van der Waals surface area contributed by atoms with E-state index in [0.29, 0.717) is 0 Å². The third kappa shape index (κ3) is 6.27. The molecule has 3 N–H and O–H groups in total. The van der Waals surface area contributed by atoms with Crippen LogP contribution in [0.2, 0.25) is 0 Å². The third-order valence-electron chi connectivity index (χ3n) is 5.51. The highest BCUT2D eigenvalue weighted by molar-refractivity contribution is 6.04. The monoisotopic (exact) mass is 471 g/mol. The van der Waals surface area contributed by atoms with Crippen LogP contribution in [-0.4, -0.2) is 16.4 Å². The van der Waals surface area contributed by atoms with Gasteiger partial charge >= 0.3 is 6.18 Å². The maximum atomic E-state index is 13.5. The number of primary amides is 1. The number of nitrogens with zero attached hydrogens (tertiary/aromatic N) is 1. The fourth-order valence-electron chi connectivity index (χ4n) is 4.05. The Balaban J connectivity index is 1.83. The van der Waals surface area contributed by atoms with Crippen LogP contribution < -0.4 is 11.1 Å². The maximum Gasteiger partial charge on any atom is 0.418 e. The van der Waals surface area contributed by atoms with Crippen LogP contribution in [0.1, 0.15) is 59.2 Å². The summed E-state index contributed by atoms with van der Waals surface area (Å²) in [5.41, 5.74) is 6.51. The Bertz CT molecular complexity index is 1150. The van der Waals surface area contributed by atoms with Gasteiger partial charge in [-0.05, 0) is 68.5 Å². The smallest absolute Gasteiger partial charge is 0.369 e. The summed E-state index contributed by atoms with van der Waals surface area (Å²) in [5, 5.41) is 2.41. The average Bonchev–Trinajstić information content (AvgIpc) is 3.18. The van der Waals surface area contributed by atoms with Crippen molar-refractivity contribution in [3.63, 3.8) is 0 Å². The number of aryl methyl sites for hydroxylation is 2. The number of hydrogen-bond donors (Lipinski definition) is 2. The van der Waals surface area contributed by atoms with Crippen molar-refractivity contribution >= 4 is 17.5 Å². The zero-order valence-electron chi connectivity index (χ0n) is 19.2. The quantitative estimate of drug-likeness (QED) is 0.430. The summed E-state index contributed by atoms with van der Waals surface area (Å²) in [7, 11) is 0. The summed E-state index contributed by atoms with van der Waals surface area (Å²) < 4.78 is 42.5. The molecule has 0 bridgehead atoms. The zero-order valence-corrected chi connectivity index (χ0v) is 19.2. The standard InChI is InChI=1S/C26H28F3N3O2/c1-17(2)32-20(10-6-9-18-7-4-3-5-8-18)12-14-23(32)25(34)31-22-15-19(16-24(30)33)11-13-21(22)26(27,28)29/h3-5,7-8,11-15,17H,6,9-10,16H2,1-2H3,(H2,30,33)(H,31,34). The summed E-state index contributed by atoms with van der Waals surface area (Å²) in [6.45, 7) is 3.85. The number of amides is 2. The summed E-state index contributed by atoms with van der Waals surface area (Å²) in [5.74, 6) is -1.32. The molecule has 2 aromatic carbocycles. The molecule has 0 aliphatic rings. The summed E-state index contributed by atoms with van der Waals surface area (Å²) in [6.07, 6.45) is -2.42. The normalized spacial score (nSPS) is 11.6. The zero-order chi connectivity index (χ0) is 24.9. The van der Waals surface area contributed by atoms with Crippen LogP contribution >= 0.6 is 0 Å². The molecule has 180 valence electrons. The van der Waals surface area contributed by atoms with E-state index in [9.17, 15) is 22.8 Å². The molecule has 3 rings (SSSR count). The molecular weight excluding hydrogens is 443 g/mol. The van der Waals surface area contributed by atoms with E-state index in [0.717, 1.165) is 37.1 Å². The average molecular weight is 472 g/mol. The minimum atomic E-state index is -4.67. The Kier molecular flexibility index (Phi) is 7.81. The lowest BCUT2D eigenvalue weighted by molar-refractivity contribution is -0.136. The second-order valence-electron chi connectivity index (χ2n) is 8.49. The highest BCUT2D eigenvalue weighted by atomic mass is 19.4. The van der Waals surface area contributed by atoms with Gasteiger partial charge < -0.3 is 15.6 Å². The predicted molar refractivity (Wildman–Crippen MR) is 126 cm³/mol. The van der Waals surface area contributed by atoms with Crippen molar-refractivity contribution in [1.29, 1.82) is 0 Å². The van der Waals surface area contributed by atoms with E-state index in [2.05, 4.69) is 17.4 Å². The molecule has 3 aromatic rings. The van der Waals surface area contributed by atoms with Gasteiger partial charge in [0.25, 0.3) is 5.91 Å². The number of anilines is 1.